The molecule has 1 aromatic rings. The molecule has 2 rings (SSSR count). The first-order valence-corrected chi connectivity index (χ1v) is 6.63. The normalized spacial score (nSPS) is 22.0. The third kappa shape index (κ3) is 4.09. The summed E-state index contributed by atoms with van der Waals surface area (Å²) in [4.78, 5) is 1.55. The molecule has 1 saturated heterocycles. The van der Waals surface area contributed by atoms with Crippen molar-refractivity contribution in [3.63, 3.8) is 0 Å². The molecule has 0 saturated carbocycles. The van der Waals surface area contributed by atoms with E-state index in [0.29, 0.717) is 18.9 Å². The molecule has 2 atom stereocenters. The molecule has 1 unspecified atom stereocenters. The van der Waals surface area contributed by atoms with E-state index in [0.717, 1.165) is 5.56 Å². The zero-order chi connectivity index (χ0) is 15.5. The summed E-state index contributed by atoms with van der Waals surface area (Å²) >= 11 is 0. The lowest BCUT2D eigenvalue weighted by atomic mass is 10.1. The number of aliphatic hydroxyl groups is 1. The van der Waals surface area contributed by atoms with Crippen molar-refractivity contribution in [2.75, 3.05) is 33.4 Å². The van der Waals surface area contributed by atoms with Crippen LogP contribution in [-0.4, -0.2) is 55.6 Å². The summed E-state index contributed by atoms with van der Waals surface area (Å²) < 4.78 is 48.1. The molecule has 1 aliphatic rings. The Morgan fingerprint density at radius 2 is 2.14 bits per heavy atom. The van der Waals surface area contributed by atoms with Gasteiger partial charge in [0.25, 0.3) is 0 Å². The average Bonchev–Trinajstić information content (AvgIpc) is 2.46. The topological polar surface area (TPSA) is 41.9 Å². The van der Waals surface area contributed by atoms with Crippen LogP contribution in [0.5, 0.6) is 5.75 Å². The van der Waals surface area contributed by atoms with E-state index in [1.54, 1.807) is 11.0 Å². The smallest absolute Gasteiger partial charge is 0.415 e. The summed E-state index contributed by atoms with van der Waals surface area (Å²) in [5, 5.41) is 9.16. The molecular formula is C14H18F3NO3. The third-order valence-corrected chi connectivity index (χ3v) is 3.45. The van der Waals surface area contributed by atoms with Crippen molar-refractivity contribution >= 4 is 0 Å². The molecule has 1 fully saturated rings. The summed E-state index contributed by atoms with van der Waals surface area (Å²) in [6.07, 6.45) is -7.30. The summed E-state index contributed by atoms with van der Waals surface area (Å²) in [5.74, 6) is 0.640. The van der Waals surface area contributed by atoms with Gasteiger partial charge in [0, 0.05) is 25.2 Å². The fourth-order valence-corrected chi connectivity index (χ4v) is 2.34. The fourth-order valence-electron chi connectivity index (χ4n) is 2.34. The maximum absolute atomic E-state index is 12.4. The van der Waals surface area contributed by atoms with Gasteiger partial charge in [0.05, 0.1) is 19.8 Å². The highest BCUT2D eigenvalue weighted by Crippen LogP contribution is 2.30. The minimum Gasteiger partial charge on any atom is -0.496 e. The van der Waals surface area contributed by atoms with Crippen molar-refractivity contribution in [2.45, 2.75) is 18.4 Å². The van der Waals surface area contributed by atoms with E-state index in [1.807, 2.05) is 18.2 Å². The monoisotopic (exact) mass is 305 g/mol. The average molecular weight is 305 g/mol. The highest BCUT2D eigenvalue weighted by molar-refractivity contribution is 5.35. The number of hydrogen-bond donors (Lipinski definition) is 1. The van der Waals surface area contributed by atoms with Gasteiger partial charge in [-0.3, -0.25) is 4.90 Å². The minimum absolute atomic E-state index is 0.285. The quantitative estimate of drug-likeness (QED) is 0.924. The Morgan fingerprint density at radius 1 is 1.43 bits per heavy atom. The molecule has 4 nitrogen and oxygen atoms in total. The third-order valence-electron chi connectivity index (χ3n) is 3.45. The predicted molar refractivity (Wildman–Crippen MR) is 70.2 cm³/mol. The Balaban J connectivity index is 2.04. The van der Waals surface area contributed by atoms with Gasteiger partial charge in [0.15, 0.2) is 6.10 Å². The molecule has 1 N–H and O–H groups in total. The molecule has 7 heteroatoms. The second kappa shape index (κ2) is 6.64. The van der Waals surface area contributed by atoms with E-state index in [-0.39, 0.29) is 12.6 Å². The first-order chi connectivity index (χ1) is 9.91. The lowest BCUT2D eigenvalue weighted by Gasteiger charge is -2.34. The molecule has 21 heavy (non-hydrogen) atoms. The second-order valence-corrected chi connectivity index (χ2v) is 4.92. The molecule has 0 bridgehead atoms. The number of alkyl halides is 3. The van der Waals surface area contributed by atoms with Gasteiger partial charge in [0.2, 0.25) is 0 Å². The predicted octanol–water partition coefficient (Wildman–Crippen LogP) is 1.99. The Morgan fingerprint density at radius 3 is 2.81 bits per heavy atom. The number of benzene rings is 1. The summed E-state index contributed by atoms with van der Waals surface area (Å²) in [6.45, 7) is 0.512. The van der Waals surface area contributed by atoms with Crippen molar-refractivity contribution in [3.8, 4) is 5.75 Å². The molecule has 1 aromatic carbocycles. The second-order valence-electron chi connectivity index (χ2n) is 4.92. The zero-order valence-electron chi connectivity index (χ0n) is 11.6. The highest BCUT2D eigenvalue weighted by atomic mass is 19.4. The van der Waals surface area contributed by atoms with Crippen molar-refractivity contribution < 1.29 is 27.8 Å². The lowest BCUT2D eigenvalue weighted by Crippen LogP contribution is -2.46. The molecule has 0 aromatic heterocycles. The van der Waals surface area contributed by atoms with E-state index in [4.69, 9.17) is 14.6 Å². The Hall–Kier alpha value is -1.31. The van der Waals surface area contributed by atoms with Crippen molar-refractivity contribution in [1.29, 1.82) is 0 Å². The molecule has 0 spiro atoms. The standard InChI is InChI=1S/C14H18F3NO3/c1-20-11-5-3-2-4-10(11)12-8-18(6-7-21-12)9-13(19)14(15,16)17/h2-5,12-13,19H,6-9H2,1H3/t12?,13-/m0/s1. The minimum atomic E-state index is -4.60. The van der Waals surface area contributed by atoms with Gasteiger partial charge >= 0.3 is 6.18 Å². The lowest BCUT2D eigenvalue weighted by molar-refractivity contribution is -0.211. The van der Waals surface area contributed by atoms with Crippen LogP contribution in [0.1, 0.15) is 11.7 Å². The number of ether oxygens (including phenoxy) is 2. The van der Waals surface area contributed by atoms with Gasteiger partial charge in [-0.05, 0) is 6.07 Å². The van der Waals surface area contributed by atoms with Crippen LogP contribution in [0.4, 0.5) is 13.2 Å². The summed E-state index contributed by atoms with van der Waals surface area (Å²) in [7, 11) is 1.53. The van der Waals surface area contributed by atoms with Crippen LogP contribution in [0.15, 0.2) is 24.3 Å². The molecule has 0 amide bonds. The highest BCUT2D eigenvalue weighted by Gasteiger charge is 2.40. The van der Waals surface area contributed by atoms with Gasteiger partial charge in [-0.2, -0.15) is 13.2 Å². The number of nitrogens with zero attached hydrogens (tertiary/aromatic N) is 1. The first kappa shape index (κ1) is 16.1. The number of halogens is 3. The van der Waals surface area contributed by atoms with E-state index in [2.05, 4.69) is 0 Å². The number of rotatable bonds is 4. The molecule has 1 heterocycles. The van der Waals surface area contributed by atoms with E-state index in [9.17, 15) is 13.2 Å². The Kier molecular flexibility index (Phi) is 5.08. The number of methoxy groups -OCH3 is 1. The van der Waals surface area contributed by atoms with Crippen LogP contribution >= 0.6 is 0 Å². The molecule has 1 aliphatic heterocycles. The maximum Gasteiger partial charge on any atom is 0.415 e. The van der Waals surface area contributed by atoms with Crippen LogP contribution in [0.3, 0.4) is 0 Å². The number of morpholine rings is 1. The van der Waals surface area contributed by atoms with Gasteiger partial charge in [-0.1, -0.05) is 18.2 Å². The summed E-state index contributed by atoms with van der Waals surface area (Å²) in [5.41, 5.74) is 0.797. The van der Waals surface area contributed by atoms with Crippen LogP contribution in [0, 0.1) is 0 Å². The van der Waals surface area contributed by atoms with Crippen LogP contribution in [-0.2, 0) is 4.74 Å². The van der Waals surface area contributed by atoms with Gasteiger partial charge in [-0.25, -0.2) is 0 Å². The first-order valence-electron chi connectivity index (χ1n) is 6.63. The van der Waals surface area contributed by atoms with E-state index < -0.39 is 18.8 Å². The Bertz CT molecular complexity index is 467. The molecule has 118 valence electrons. The summed E-state index contributed by atoms with van der Waals surface area (Å²) in [6, 6.07) is 7.25. The Labute approximate surface area is 121 Å². The number of para-hydroxylation sites is 1. The van der Waals surface area contributed by atoms with E-state index in [1.165, 1.54) is 7.11 Å². The van der Waals surface area contributed by atoms with Crippen LogP contribution in [0.25, 0.3) is 0 Å². The van der Waals surface area contributed by atoms with Crippen molar-refractivity contribution in [2.24, 2.45) is 0 Å². The van der Waals surface area contributed by atoms with E-state index >= 15 is 0 Å². The molecular weight excluding hydrogens is 287 g/mol. The number of hydrogen-bond acceptors (Lipinski definition) is 4. The molecule has 0 radical (unpaired) electrons. The van der Waals surface area contributed by atoms with Gasteiger partial charge in [-0.15, -0.1) is 0 Å². The maximum atomic E-state index is 12.4. The SMILES string of the molecule is COc1ccccc1C1CN(C[C@H](O)C(F)(F)F)CCO1. The van der Waals surface area contributed by atoms with Crippen LogP contribution < -0.4 is 4.74 Å². The fraction of sp³-hybridized carbons (Fsp3) is 0.571. The largest absolute Gasteiger partial charge is 0.496 e. The number of aliphatic hydroxyl groups excluding tert-OH is 1. The van der Waals surface area contributed by atoms with Crippen molar-refractivity contribution in [1.82, 2.24) is 4.90 Å². The van der Waals surface area contributed by atoms with Crippen molar-refractivity contribution in [3.05, 3.63) is 29.8 Å². The number of β-amino-alcohol motifs (C(OH)–C–C–N with tert-alkyl or cyclic N) is 1. The van der Waals surface area contributed by atoms with Gasteiger partial charge < -0.3 is 14.6 Å². The van der Waals surface area contributed by atoms with Gasteiger partial charge in [0.1, 0.15) is 5.75 Å². The van der Waals surface area contributed by atoms with Crippen LogP contribution in [0.2, 0.25) is 0 Å². The zero-order valence-corrected chi connectivity index (χ0v) is 11.6. The molecule has 0 aliphatic carbocycles.